The van der Waals surface area contributed by atoms with Gasteiger partial charge in [-0.1, -0.05) is 17.7 Å². The molecule has 0 amide bonds. The zero-order valence-corrected chi connectivity index (χ0v) is 17.2. The van der Waals surface area contributed by atoms with Crippen LogP contribution in [0.3, 0.4) is 0 Å². The van der Waals surface area contributed by atoms with E-state index in [9.17, 15) is 4.39 Å². The number of nitrogens with zero attached hydrogens (tertiary/aromatic N) is 3. The third-order valence-electron chi connectivity index (χ3n) is 4.16. The van der Waals surface area contributed by atoms with E-state index < -0.39 is 5.82 Å². The molecule has 3 aromatic rings. The van der Waals surface area contributed by atoms with Crippen LogP contribution in [0.2, 0.25) is 5.02 Å². The van der Waals surface area contributed by atoms with Crippen molar-refractivity contribution in [3.8, 4) is 23.1 Å². The Kier molecular flexibility index (Phi) is 5.87. The summed E-state index contributed by atoms with van der Waals surface area (Å²) < 4.78 is 31.2. The number of fused-ring (bicyclic) bond motifs is 2. The summed E-state index contributed by atoms with van der Waals surface area (Å²) in [6.45, 7) is 0.319. The molecule has 2 aromatic carbocycles. The van der Waals surface area contributed by atoms with E-state index in [0.29, 0.717) is 41.0 Å². The van der Waals surface area contributed by atoms with Crippen LogP contribution >= 0.6 is 23.2 Å². The van der Waals surface area contributed by atoms with Crippen LogP contribution in [0.25, 0.3) is 0 Å². The predicted octanol–water partition coefficient (Wildman–Crippen LogP) is 5.50. The molecule has 30 heavy (non-hydrogen) atoms. The van der Waals surface area contributed by atoms with E-state index in [0.717, 1.165) is 0 Å². The van der Waals surface area contributed by atoms with Gasteiger partial charge in [-0.05, 0) is 18.2 Å². The Labute approximate surface area is 181 Å². The van der Waals surface area contributed by atoms with Crippen LogP contribution in [0.1, 0.15) is 5.56 Å². The lowest BCUT2D eigenvalue weighted by Gasteiger charge is -2.14. The van der Waals surface area contributed by atoms with Crippen molar-refractivity contribution >= 4 is 46.6 Å². The van der Waals surface area contributed by atoms with Crippen molar-refractivity contribution in [1.29, 1.82) is 0 Å². The van der Waals surface area contributed by atoms with Gasteiger partial charge in [0.1, 0.15) is 18.7 Å². The van der Waals surface area contributed by atoms with E-state index in [1.165, 1.54) is 25.6 Å². The monoisotopic (exact) mass is 448 g/mol. The fourth-order valence-corrected chi connectivity index (χ4v) is 3.03. The molecule has 0 saturated heterocycles. The Morgan fingerprint density at radius 2 is 2.07 bits per heavy atom. The van der Waals surface area contributed by atoms with Gasteiger partial charge >= 0.3 is 0 Å². The summed E-state index contributed by atoms with van der Waals surface area (Å²) in [5.41, 5.74) is 1.09. The smallest absolute Gasteiger partial charge is 0.250 e. The number of benzene rings is 2. The molecule has 0 atom stereocenters. The van der Waals surface area contributed by atoms with Crippen molar-refractivity contribution in [1.82, 2.24) is 9.97 Å². The van der Waals surface area contributed by atoms with Crippen LogP contribution in [-0.4, -0.2) is 35.8 Å². The van der Waals surface area contributed by atoms with Crippen LogP contribution in [0.5, 0.6) is 23.1 Å². The molecule has 0 aliphatic carbocycles. The molecular formula is C20H15Cl2FN4O3. The number of halogens is 3. The average Bonchev–Trinajstić information content (AvgIpc) is 2.94. The molecule has 1 N–H and O–H groups in total. The first-order valence-electron chi connectivity index (χ1n) is 8.79. The fourth-order valence-electron chi connectivity index (χ4n) is 2.78. The maximum absolute atomic E-state index is 14.3. The fraction of sp³-hybridized carbons (Fsp3) is 0.150. The minimum absolute atomic E-state index is 0.0103. The van der Waals surface area contributed by atoms with Gasteiger partial charge in [-0.3, -0.25) is 0 Å². The van der Waals surface area contributed by atoms with E-state index in [2.05, 4.69) is 20.3 Å². The number of anilines is 2. The number of nitrogens with one attached hydrogen (secondary N) is 1. The molecule has 0 saturated carbocycles. The van der Waals surface area contributed by atoms with Gasteiger partial charge in [0.2, 0.25) is 0 Å². The van der Waals surface area contributed by atoms with Crippen LogP contribution < -0.4 is 19.5 Å². The summed E-state index contributed by atoms with van der Waals surface area (Å²) in [6.07, 6.45) is 2.87. The number of methoxy groups -OCH3 is 1. The summed E-state index contributed by atoms with van der Waals surface area (Å²) in [7, 11) is 1.53. The number of hydrogen-bond acceptors (Lipinski definition) is 7. The first-order valence-corrected chi connectivity index (χ1v) is 9.70. The number of ether oxygens (including phenoxy) is 3. The third kappa shape index (κ3) is 3.96. The minimum atomic E-state index is -0.598. The molecule has 0 fully saturated rings. The SMILES string of the molecule is COc1cc2c(cc1OCCCl)C=Nc1c(Nc3cccc(Cl)c3F)ncnc1O2. The van der Waals surface area contributed by atoms with Gasteiger partial charge in [-0.25, -0.2) is 14.4 Å². The average molecular weight is 449 g/mol. The summed E-state index contributed by atoms with van der Waals surface area (Å²) in [5, 5.41) is 2.88. The zero-order chi connectivity index (χ0) is 21.1. The van der Waals surface area contributed by atoms with Crippen molar-refractivity contribution in [2.75, 3.05) is 24.9 Å². The Morgan fingerprint density at radius 1 is 1.20 bits per heavy atom. The van der Waals surface area contributed by atoms with Gasteiger partial charge < -0.3 is 19.5 Å². The van der Waals surface area contributed by atoms with Crippen LogP contribution in [-0.2, 0) is 0 Å². The number of alkyl halides is 1. The number of aliphatic imine (C=N–C) groups is 1. The van der Waals surface area contributed by atoms with Crippen molar-refractivity contribution in [3.05, 3.63) is 53.1 Å². The lowest BCUT2D eigenvalue weighted by Crippen LogP contribution is -2.02. The Morgan fingerprint density at radius 3 is 2.87 bits per heavy atom. The zero-order valence-electron chi connectivity index (χ0n) is 15.7. The lowest BCUT2D eigenvalue weighted by atomic mass is 10.2. The van der Waals surface area contributed by atoms with Crippen molar-refractivity contribution < 1.29 is 18.6 Å². The normalized spacial score (nSPS) is 11.7. The van der Waals surface area contributed by atoms with E-state index in [1.54, 1.807) is 24.4 Å². The highest BCUT2D eigenvalue weighted by Gasteiger charge is 2.21. The Bertz CT molecular complexity index is 1130. The van der Waals surface area contributed by atoms with Crippen molar-refractivity contribution in [2.24, 2.45) is 4.99 Å². The Hall–Kier alpha value is -3.10. The molecule has 154 valence electrons. The molecule has 1 aliphatic heterocycles. The van der Waals surface area contributed by atoms with Crippen molar-refractivity contribution in [2.45, 2.75) is 0 Å². The van der Waals surface area contributed by atoms with Crippen LogP contribution in [0.15, 0.2) is 41.7 Å². The number of aromatic nitrogens is 2. The van der Waals surface area contributed by atoms with Gasteiger partial charge in [0.15, 0.2) is 28.8 Å². The standard InChI is InChI=1S/C20H15Cl2FN4O3/c1-28-15-8-14-11(7-16(15)29-6-5-21)9-24-18-19(25-10-26-20(18)30-14)27-13-4-2-3-12(22)17(13)23/h2-4,7-10H,5-6H2,1H3,(H,25,26,27). The molecule has 0 spiro atoms. The summed E-state index contributed by atoms with van der Waals surface area (Å²) in [4.78, 5) is 12.8. The molecule has 1 aromatic heterocycles. The summed E-state index contributed by atoms with van der Waals surface area (Å²) in [6, 6.07) is 8.02. The second kappa shape index (κ2) is 8.73. The van der Waals surface area contributed by atoms with E-state index >= 15 is 0 Å². The van der Waals surface area contributed by atoms with E-state index in [1.807, 2.05) is 0 Å². The van der Waals surface area contributed by atoms with Crippen LogP contribution in [0.4, 0.5) is 21.6 Å². The summed E-state index contributed by atoms with van der Waals surface area (Å²) in [5.74, 6) is 1.64. The maximum atomic E-state index is 14.3. The van der Waals surface area contributed by atoms with E-state index in [4.69, 9.17) is 37.4 Å². The van der Waals surface area contributed by atoms with Gasteiger partial charge in [-0.2, -0.15) is 4.98 Å². The highest BCUT2D eigenvalue weighted by atomic mass is 35.5. The number of hydrogen-bond donors (Lipinski definition) is 1. The lowest BCUT2D eigenvalue weighted by molar-refractivity contribution is 0.311. The molecule has 0 unspecified atom stereocenters. The van der Waals surface area contributed by atoms with Crippen LogP contribution in [0, 0.1) is 5.82 Å². The molecule has 1 aliphatic rings. The number of rotatable bonds is 6. The molecule has 4 rings (SSSR count). The quantitative estimate of drug-likeness (QED) is 0.392. The molecule has 2 heterocycles. The van der Waals surface area contributed by atoms with Gasteiger partial charge in [0.05, 0.1) is 23.7 Å². The molecular weight excluding hydrogens is 434 g/mol. The molecule has 10 heteroatoms. The molecule has 0 radical (unpaired) electrons. The highest BCUT2D eigenvalue weighted by Crippen LogP contribution is 2.42. The summed E-state index contributed by atoms with van der Waals surface area (Å²) >= 11 is 11.6. The second-order valence-electron chi connectivity index (χ2n) is 6.04. The highest BCUT2D eigenvalue weighted by molar-refractivity contribution is 6.31. The minimum Gasteiger partial charge on any atom is -0.493 e. The Balaban J connectivity index is 1.72. The van der Waals surface area contributed by atoms with Crippen molar-refractivity contribution in [3.63, 3.8) is 0 Å². The topological polar surface area (TPSA) is 77.9 Å². The first kappa shape index (κ1) is 20.2. The second-order valence-corrected chi connectivity index (χ2v) is 6.83. The first-order chi connectivity index (χ1) is 14.6. The van der Waals surface area contributed by atoms with Gasteiger partial charge in [-0.15, -0.1) is 11.6 Å². The van der Waals surface area contributed by atoms with E-state index in [-0.39, 0.29) is 22.4 Å². The van der Waals surface area contributed by atoms with Gasteiger partial charge in [0.25, 0.3) is 5.88 Å². The third-order valence-corrected chi connectivity index (χ3v) is 4.61. The van der Waals surface area contributed by atoms with Gasteiger partial charge in [0, 0.05) is 17.8 Å². The molecule has 0 bridgehead atoms. The molecule has 7 nitrogen and oxygen atoms in total. The largest absolute Gasteiger partial charge is 0.493 e. The maximum Gasteiger partial charge on any atom is 0.250 e. The predicted molar refractivity (Wildman–Crippen MR) is 113 cm³/mol.